The fourth-order valence-electron chi connectivity index (χ4n) is 3.95. The van der Waals surface area contributed by atoms with Crippen LogP contribution in [0, 0.1) is 5.92 Å². The molecule has 1 aliphatic heterocycles. The first-order valence-electron chi connectivity index (χ1n) is 9.69. The van der Waals surface area contributed by atoms with Gasteiger partial charge in [0.2, 0.25) is 17.5 Å². The third-order valence-electron chi connectivity index (χ3n) is 5.38. The van der Waals surface area contributed by atoms with E-state index in [0.717, 1.165) is 10.4 Å². The average molecular weight is 436 g/mol. The highest BCUT2D eigenvalue weighted by molar-refractivity contribution is 7.89. The van der Waals surface area contributed by atoms with E-state index >= 15 is 0 Å². The second-order valence-electron chi connectivity index (χ2n) is 7.38. The van der Waals surface area contributed by atoms with Gasteiger partial charge in [0, 0.05) is 19.7 Å². The van der Waals surface area contributed by atoms with Crippen molar-refractivity contribution in [2.75, 3.05) is 6.54 Å². The van der Waals surface area contributed by atoms with Crippen molar-refractivity contribution in [1.82, 2.24) is 9.62 Å². The summed E-state index contributed by atoms with van der Waals surface area (Å²) in [6.07, 6.45) is 2.58. The van der Waals surface area contributed by atoms with E-state index in [1.54, 1.807) is 42.5 Å². The number of nitrogens with one attached hydrogen (secondary N) is 1. The van der Waals surface area contributed by atoms with Crippen LogP contribution < -0.4 is 5.32 Å². The van der Waals surface area contributed by atoms with Gasteiger partial charge in [0.05, 0.1) is 16.9 Å². The molecule has 2 aromatic carbocycles. The van der Waals surface area contributed by atoms with Crippen LogP contribution in [0.4, 0.5) is 0 Å². The largest absolute Gasteiger partial charge is 0.353 e. The van der Waals surface area contributed by atoms with Crippen molar-refractivity contribution in [3.63, 3.8) is 0 Å². The van der Waals surface area contributed by atoms with E-state index in [1.807, 2.05) is 6.07 Å². The normalized spacial score (nSPS) is 20.7. The van der Waals surface area contributed by atoms with E-state index in [2.05, 4.69) is 5.32 Å². The summed E-state index contributed by atoms with van der Waals surface area (Å²) in [6, 6.07) is 15.9. The summed E-state index contributed by atoms with van der Waals surface area (Å²) < 4.78 is 28.2. The molecule has 1 aliphatic carbocycles. The van der Waals surface area contributed by atoms with Gasteiger partial charge in [0.25, 0.3) is 10.0 Å². The Labute approximate surface area is 180 Å². The molecule has 0 saturated carbocycles. The molecule has 0 spiro atoms. The number of carbonyl (C=O) groups excluding carboxylic acids is 3. The van der Waals surface area contributed by atoms with Gasteiger partial charge >= 0.3 is 0 Å². The van der Waals surface area contributed by atoms with E-state index in [1.165, 1.54) is 25.3 Å². The molecule has 0 fully saturated rings. The van der Waals surface area contributed by atoms with Crippen LogP contribution in [0.15, 0.2) is 83.4 Å². The van der Waals surface area contributed by atoms with E-state index < -0.39 is 33.5 Å². The van der Waals surface area contributed by atoms with Gasteiger partial charge < -0.3 is 5.32 Å². The number of benzene rings is 2. The number of rotatable bonds is 5. The van der Waals surface area contributed by atoms with Gasteiger partial charge in [-0.2, -0.15) is 0 Å². The Morgan fingerprint density at radius 3 is 2.23 bits per heavy atom. The lowest BCUT2D eigenvalue weighted by Gasteiger charge is -2.33. The maximum Gasteiger partial charge on any atom is 0.264 e. The maximum absolute atomic E-state index is 13.5. The van der Waals surface area contributed by atoms with Crippen molar-refractivity contribution in [3.8, 4) is 0 Å². The molecule has 2 unspecified atom stereocenters. The number of allylic oxidation sites excluding steroid dienone is 1. The number of hydrogen-bond acceptors (Lipinski definition) is 5. The van der Waals surface area contributed by atoms with Crippen LogP contribution in [-0.2, 0) is 24.4 Å². The van der Waals surface area contributed by atoms with E-state index in [4.69, 9.17) is 0 Å². The lowest BCUT2D eigenvalue weighted by Crippen LogP contribution is -2.47. The van der Waals surface area contributed by atoms with Crippen molar-refractivity contribution < 1.29 is 22.8 Å². The highest BCUT2D eigenvalue weighted by Gasteiger charge is 2.50. The molecule has 7 nitrogen and oxygen atoms in total. The van der Waals surface area contributed by atoms with Crippen LogP contribution in [0.5, 0.6) is 0 Å². The van der Waals surface area contributed by atoms with Crippen molar-refractivity contribution >= 4 is 33.1 Å². The molecular weight excluding hydrogens is 416 g/mol. The van der Waals surface area contributed by atoms with E-state index in [0.29, 0.717) is 16.7 Å². The van der Waals surface area contributed by atoms with Crippen LogP contribution in [0.25, 0.3) is 5.57 Å². The minimum absolute atomic E-state index is 0.0355. The molecule has 0 bridgehead atoms. The number of carbonyl (C=O) groups is 3. The second kappa shape index (κ2) is 7.96. The predicted molar refractivity (Wildman–Crippen MR) is 114 cm³/mol. The molecule has 0 radical (unpaired) electrons. The monoisotopic (exact) mass is 436 g/mol. The van der Waals surface area contributed by atoms with Crippen molar-refractivity contribution in [1.29, 1.82) is 0 Å². The number of fused-ring (bicyclic) bond motifs is 1. The standard InChI is InChI=1S/C23H20N2O5S/c1-15(26)24-13-17-12-20(27)23(28)21-19(16-8-4-2-5-9-16)14-25(22(17)21)31(29,30)18-10-6-3-7-11-18/h2-12,14,21-22H,13H2,1H3,(H,24,26). The number of ketones is 2. The first kappa shape index (κ1) is 20.7. The van der Waals surface area contributed by atoms with Gasteiger partial charge in [-0.3, -0.25) is 18.7 Å². The Bertz CT molecular complexity index is 1220. The molecule has 158 valence electrons. The number of sulfonamides is 1. The van der Waals surface area contributed by atoms with Crippen molar-refractivity contribution in [2.45, 2.75) is 17.9 Å². The molecule has 2 aliphatic rings. The highest BCUT2D eigenvalue weighted by atomic mass is 32.2. The van der Waals surface area contributed by atoms with Gasteiger partial charge in [-0.15, -0.1) is 0 Å². The van der Waals surface area contributed by atoms with Crippen molar-refractivity contribution in [2.24, 2.45) is 5.92 Å². The molecule has 0 saturated heterocycles. The molecule has 0 aromatic heterocycles. The highest BCUT2D eigenvalue weighted by Crippen LogP contribution is 2.43. The Morgan fingerprint density at radius 2 is 1.61 bits per heavy atom. The van der Waals surface area contributed by atoms with E-state index in [9.17, 15) is 22.8 Å². The van der Waals surface area contributed by atoms with Gasteiger partial charge in [-0.1, -0.05) is 48.5 Å². The molecule has 1 heterocycles. The molecule has 31 heavy (non-hydrogen) atoms. The third kappa shape index (κ3) is 3.70. The Balaban J connectivity index is 1.88. The summed E-state index contributed by atoms with van der Waals surface area (Å²) >= 11 is 0. The topological polar surface area (TPSA) is 101 Å². The van der Waals surface area contributed by atoms with Crippen molar-refractivity contribution in [3.05, 3.63) is 84.1 Å². The number of amides is 1. The zero-order chi connectivity index (χ0) is 22.2. The second-order valence-corrected chi connectivity index (χ2v) is 9.22. The molecule has 8 heteroatoms. The number of hydrogen-bond donors (Lipinski definition) is 1. The van der Waals surface area contributed by atoms with Crippen LogP contribution >= 0.6 is 0 Å². The summed E-state index contributed by atoms with van der Waals surface area (Å²) in [5.41, 5.74) is 1.48. The van der Waals surface area contributed by atoms with Crippen LogP contribution in [0.3, 0.4) is 0 Å². The average Bonchev–Trinajstić information content (AvgIpc) is 3.18. The smallest absolute Gasteiger partial charge is 0.264 e. The first-order chi connectivity index (χ1) is 14.8. The van der Waals surface area contributed by atoms with Gasteiger partial charge in [0.1, 0.15) is 0 Å². The summed E-state index contributed by atoms with van der Waals surface area (Å²) in [5, 5.41) is 2.61. The molecule has 2 atom stereocenters. The minimum atomic E-state index is -4.02. The molecule has 1 N–H and O–H groups in total. The fraction of sp³-hybridized carbons (Fsp3) is 0.174. The third-order valence-corrected chi connectivity index (χ3v) is 7.14. The van der Waals surface area contributed by atoms with Gasteiger partial charge in [0.15, 0.2) is 0 Å². The van der Waals surface area contributed by atoms with Crippen LogP contribution in [0.2, 0.25) is 0 Å². The summed E-state index contributed by atoms with van der Waals surface area (Å²) in [5.74, 6) is -2.68. The Hall–Kier alpha value is -3.52. The number of nitrogens with zero attached hydrogens (tertiary/aromatic N) is 1. The quantitative estimate of drug-likeness (QED) is 0.722. The lowest BCUT2D eigenvalue weighted by molar-refractivity contribution is -0.136. The molecule has 4 rings (SSSR count). The lowest BCUT2D eigenvalue weighted by atomic mass is 9.78. The zero-order valence-corrected chi connectivity index (χ0v) is 17.5. The van der Waals surface area contributed by atoms with E-state index in [-0.39, 0.29) is 17.3 Å². The summed E-state index contributed by atoms with van der Waals surface area (Å²) in [6.45, 7) is 1.29. The number of Topliss-reactive ketones (excluding diaryl/α,β-unsaturated/α-hetero) is 1. The molecular formula is C23H20N2O5S. The summed E-state index contributed by atoms with van der Waals surface area (Å²) in [4.78, 5) is 36.9. The maximum atomic E-state index is 13.5. The molecule has 2 aromatic rings. The first-order valence-corrected chi connectivity index (χ1v) is 11.1. The predicted octanol–water partition coefficient (Wildman–Crippen LogP) is 1.93. The van der Waals surface area contributed by atoms with Gasteiger partial charge in [-0.25, -0.2) is 8.42 Å². The SMILES string of the molecule is CC(=O)NCC1=CC(=O)C(=O)C2C(c3ccccc3)=CN(S(=O)(=O)c3ccccc3)C12. The van der Waals surface area contributed by atoms with Crippen LogP contribution in [-0.4, -0.2) is 42.8 Å². The fourth-order valence-corrected chi connectivity index (χ4v) is 5.51. The van der Waals surface area contributed by atoms with Gasteiger partial charge in [-0.05, 0) is 34.9 Å². The zero-order valence-electron chi connectivity index (χ0n) is 16.7. The van der Waals surface area contributed by atoms with Crippen LogP contribution in [0.1, 0.15) is 12.5 Å². The summed E-state index contributed by atoms with van der Waals surface area (Å²) in [7, 11) is -4.02. The molecule has 1 amide bonds. The Morgan fingerprint density at radius 1 is 1.00 bits per heavy atom. The Kier molecular flexibility index (Phi) is 5.32. The minimum Gasteiger partial charge on any atom is -0.353 e.